The van der Waals surface area contributed by atoms with Gasteiger partial charge in [0.05, 0.1) is 18.4 Å². The molecular weight excluding hydrogens is 521 g/mol. The monoisotopic (exact) mass is 550 g/mol. The van der Waals surface area contributed by atoms with Crippen molar-refractivity contribution in [1.29, 1.82) is 0 Å². The Bertz CT molecular complexity index is 1470. The smallest absolute Gasteiger partial charge is 0.416 e. The third kappa shape index (κ3) is 6.88. The summed E-state index contributed by atoms with van der Waals surface area (Å²) in [5, 5.41) is 2.75. The van der Waals surface area contributed by atoms with Crippen molar-refractivity contribution in [3.8, 4) is 22.7 Å². The van der Waals surface area contributed by atoms with Crippen molar-refractivity contribution in [2.45, 2.75) is 20.0 Å². The molecule has 0 aliphatic heterocycles. The molecule has 10 heteroatoms. The zero-order chi connectivity index (χ0) is 28.9. The Morgan fingerprint density at radius 2 is 1.70 bits per heavy atom. The number of rotatable bonds is 9. The molecule has 0 atom stereocenters. The third-order valence-corrected chi connectivity index (χ3v) is 6.02. The molecule has 0 bridgehead atoms. The molecule has 0 unspecified atom stereocenters. The van der Waals surface area contributed by atoms with Crippen LogP contribution in [0.2, 0.25) is 0 Å². The maximum absolute atomic E-state index is 13.3. The number of nitrogens with zero attached hydrogens (tertiary/aromatic N) is 3. The van der Waals surface area contributed by atoms with Crippen molar-refractivity contribution in [1.82, 2.24) is 14.5 Å². The van der Waals surface area contributed by atoms with Crippen LogP contribution in [-0.2, 0) is 11.0 Å². The van der Waals surface area contributed by atoms with E-state index in [0.29, 0.717) is 29.2 Å². The van der Waals surface area contributed by atoms with Crippen LogP contribution in [0, 0.1) is 5.92 Å². The van der Waals surface area contributed by atoms with E-state index < -0.39 is 17.6 Å². The minimum Gasteiger partial charge on any atom is -0.497 e. The standard InChI is InChI=1S/C30H29F3N4O3/c1-20(2)17-36(28(39)22-10-7-11-25(16-22)40-3)19-27(38)35-29-34-26(21-8-5-4-6-9-21)18-37(29)24-14-12-23(13-15-24)30(31,32)33/h4-16,18,20H,17,19H2,1-3H3,(H,34,35,38). The number of carbonyl (C=O) groups is 2. The number of methoxy groups -OCH3 is 1. The summed E-state index contributed by atoms with van der Waals surface area (Å²) in [5.41, 5.74) is 1.25. The molecule has 1 heterocycles. The number of hydrogen-bond acceptors (Lipinski definition) is 4. The minimum atomic E-state index is -4.48. The average Bonchev–Trinajstić information content (AvgIpc) is 3.35. The molecule has 1 N–H and O–H groups in total. The molecule has 0 spiro atoms. The number of amides is 2. The molecule has 40 heavy (non-hydrogen) atoms. The average molecular weight is 551 g/mol. The van der Waals surface area contributed by atoms with E-state index in [9.17, 15) is 22.8 Å². The number of nitrogens with one attached hydrogen (secondary N) is 1. The fourth-order valence-corrected chi connectivity index (χ4v) is 4.16. The van der Waals surface area contributed by atoms with Crippen LogP contribution < -0.4 is 10.1 Å². The van der Waals surface area contributed by atoms with Crippen molar-refractivity contribution in [3.63, 3.8) is 0 Å². The van der Waals surface area contributed by atoms with Gasteiger partial charge >= 0.3 is 6.18 Å². The van der Waals surface area contributed by atoms with Crippen LogP contribution >= 0.6 is 0 Å². The molecule has 1 aromatic heterocycles. The Morgan fingerprint density at radius 1 is 1.00 bits per heavy atom. The van der Waals surface area contributed by atoms with Crippen LogP contribution in [0.15, 0.2) is 85.1 Å². The second-order valence-corrected chi connectivity index (χ2v) is 9.59. The second-order valence-electron chi connectivity index (χ2n) is 9.59. The van der Waals surface area contributed by atoms with Gasteiger partial charge in [-0.1, -0.05) is 50.2 Å². The van der Waals surface area contributed by atoms with Crippen molar-refractivity contribution >= 4 is 17.8 Å². The highest BCUT2D eigenvalue weighted by Crippen LogP contribution is 2.31. The largest absolute Gasteiger partial charge is 0.497 e. The first-order valence-corrected chi connectivity index (χ1v) is 12.6. The summed E-state index contributed by atoms with van der Waals surface area (Å²) in [4.78, 5) is 32.5. The van der Waals surface area contributed by atoms with Gasteiger partial charge < -0.3 is 9.64 Å². The number of benzene rings is 3. The zero-order valence-electron chi connectivity index (χ0n) is 22.3. The van der Waals surface area contributed by atoms with Crippen LogP contribution in [0.3, 0.4) is 0 Å². The van der Waals surface area contributed by atoms with Crippen LogP contribution in [0.5, 0.6) is 5.75 Å². The van der Waals surface area contributed by atoms with Crippen molar-refractivity contribution < 1.29 is 27.5 Å². The van der Waals surface area contributed by atoms with E-state index in [1.54, 1.807) is 30.5 Å². The number of halogens is 3. The summed E-state index contributed by atoms with van der Waals surface area (Å²) < 4.78 is 46.1. The van der Waals surface area contributed by atoms with Gasteiger partial charge in [0, 0.05) is 29.6 Å². The predicted octanol–water partition coefficient (Wildman–Crippen LogP) is 6.30. The summed E-state index contributed by atoms with van der Waals surface area (Å²) >= 11 is 0. The maximum atomic E-state index is 13.3. The summed E-state index contributed by atoms with van der Waals surface area (Å²) in [5.74, 6) is -0.121. The Morgan fingerprint density at radius 3 is 2.33 bits per heavy atom. The van der Waals surface area contributed by atoms with E-state index in [2.05, 4.69) is 10.3 Å². The molecule has 0 fully saturated rings. The van der Waals surface area contributed by atoms with Crippen LogP contribution in [0.1, 0.15) is 29.8 Å². The quantitative estimate of drug-likeness (QED) is 0.265. The van der Waals surface area contributed by atoms with E-state index >= 15 is 0 Å². The Kier molecular flexibility index (Phi) is 8.57. The summed E-state index contributed by atoms with van der Waals surface area (Å²) in [6.45, 7) is 3.95. The van der Waals surface area contributed by atoms with Gasteiger partial charge in [-0.05, 0) is 48.4 Å². The third-order valence-electron chi connectivity index (χ3n) is 6.02. The summed E-state index contributed by atoms with van der Waals surface area (Å²) in [6, 6.07) is 20.4. The fourth-order valence-electron chi connectivity index (χ4n) is 4.16. The number of ether oxygens (including phenoxy) is 1. The van der Waals surface area contributed by atoms with Crippen molar-refractivity contribution in [3.05, 3.63) is 96.2 Å². The predicted molar refractivity (Wildman–Crippen MR) is 146 cm³/mol. The van der Waals surface area contributed by atoms with E-state index in [1.807, 2.05) is 44.2 Å². The lowest BCUT2D eigenvalue weighted by molar-refractivity contribution is -0.137. The highest BCUT2D eigenvalue weighted by molar-refractivity contribution is 5.99. The number of anilines is 1. The Balaban J connectivity index is 1.63. The molecule has 0 aliphatic carbocycles. The molecule has 0 aliphatic rings. The molecule has 208 valence electrons. The van der Waals surface area contributed by atoms with Crippen LogP contribution in [0.4, 0.5) is 19.1 Å². The molecule has 3 aromatic carbocycles. The molecule has 2 amide bonds. The maximum Gasteiger partial charge on any atom is 0.416 e. The normalized spacial score (nSPS) is 11.4. The number of hydrogen-bond donors (Lipinski definition) is 1. The zero-order valence-corrected chi connectivity index (χ0v) is 22.3. The van der Waals surface area contributed by atoms with E-state index in [1.165, 1.54) is 28.7 Å². The summed E-state index contributed by atoms with van der Waals surface area (Å²) in [7, 11) is 1.51. The lowest BCUT2D eigenvalue weighted by Gasteiger charge is -2.24. The Hall–Kier alpha value is -4.60. The Labute approximate surface area is 230 Å². The highest BCUT2D eigenvalue weighted by atomic mass is 19.4. The van der Waals surface area contributed by atoms with E-state index in [-0.39, 0.29) is 24.3 Å². The van der Waals surface area contributed by atoms with Gasteiger partial charge in [-0.25, -0.2) is 4.98 Å². The number of imidazole rings is 1. The number of aromatic nitrogens is 2. The number of alkyl halides is 3. The van der Waals surface area contributed by atoms with Gasteiger partial charge in [-0.3, -0.25) is 19.5 Å². The van der Waals surface area contributed by atoms with Gasteiger partial charge in [0.15, 0.2) is 0 Å². The minimum absolute atomic E-state index is 0.0844. The molecule has 0 radical (unpaired) electrons. The van der Waals surface area contributed by atoms with Gasteiger partial charge in [0.25, 0.3) is 5.91 Å². The molecule has 0 saturated heterocycles. The first kappa shape index (κ1) is 28.4. The van der Waals surface area contributed by atoms with Crippen molar-refractivity contribution in [2.24, 2.45) is 5.92 Å². The van der Waals surface area contributed by atoms with Crippen molar-refractivity contribution in [2.75, 3.05) is 25.5 Å². The molecule has 4 aromatic rings. The topological polar surface area (TPSA) is 76.5 Å². The molecule has 7 nitrogen and oxygen atoms in total. The SMILES string of the molecule is COc1cccc(C(=O)N(CC(=O)Nc2nc(-c3ccccc3)cn2-c2ccc(C(F)(F)F)cc2)CC(C)C)c1. The van der Waals surface area contributed by atoms with Crippen LogP contribution in [0.25, 0.3) is 16.9 Å². The number of carbonyl (C=O) groups excluding carboxylic acids is 2. The lowest BCUT2D eigenvalue weighted by Crippen LogP contribution is -2.40. The second kappa shape index (κ2) is 12.1. The molecule has 0 saturated carbocycles. The van der Waals surface area contributed by atoms with Gasteiger partial charge in [-0.2, -0.15) is 13.2 Å². The molecule has 4 rings (SSSR count). The van der Waals surface area contributed by atoms with E-state index in [4.69, 9.17) is 4.74 Å². The van der Waals surface area contributed by atoms with Crippen LogP contribution in [-0.4, -0.2) is 46.5 Å². The van der Waals surface area contributed by atoms with E-state index in [0.717, 1.165) is 17.7 Å². The fraction of sp³-hybridized carbons (Fsp3) is 0.233. The lowest BCUT2D eigenvalue weighted by atomic mass is 10.1. The van der Waals surface area contributed by atoms with Gasteiger partial charge in [0.1, 0.15) is 12.3 Å². The summed E-state index contributed by atoms with van der Waals surface area (Å²) in [6.07, 6.45) is -2.84. The van der Waals surface area contributed by atoms with Gasteiger partial charge in [0.2, 0.25) is 11.9 Å². The van der Waals surface area contributed by atoms with Gasteiger partial charge in [-0.15, -0.1) is 0 Å². The first-order chi connectivity index (χ1) is 19.0. The first-order valence-electron chi connectivity index (χ1n) is 12.6. The molecular formula is C30H29F3N4O3. The highest BCUT2D eigenvalue weighted by Gasteiger charge is 2.30.